The van der Waals surface area contributed by atoms with Gasteiger partial charge in [-0.15, -0.1) is 0 Å². The van der Waals surface area contributed by atoms with Gasteiger partial charge in [-0.1, -0.05) is 0 Å². The quantitative estimate of drug-likeness (QED) is 0.914. The summed E-state index contributed by atoms with van der Waals surface area (Å²) in [6, 6.07) is 0. The fourth-order valence-electron chi connectivity index (χ4n) is 5.33. The van der Waals surface area contributed by atoms with Crippen molar-refractivity contribution in [2.24, 2.45) is 29.6 Å². The highest BCUT2D eigenvalue weighted by atomic mass is 16.4. The summed E-state index contributed by atoms with van der Waals surface area (Å²) >= 11 is 0. The number of hydrogen-bond donors (Lipinski definition) is 1. The smallest absolute Gasteiger partial charge is 0.208 e. The predicted molar refractivity (Wildman–Crippen MR) is 78.2 cm³/mol. The first-order valence-electron chi connectivity index (χ1n) is 8.32. The van der Waals surface area contributed by atoms with Gasteiger partial charge >= 0.3 is 0 Å². The number of oxazole rings is 1. The van der Waals surface area contributed by atoms with Gasteiger partial charge in [-0.05, 0) is 82.1 Å². The van der Waals surface area contributed by atoms with E-state index in [1.54, 1.807) is 6.42 Å². The van der Waals surface area contributed by atoms with E-state index < -0.39 is 0 Å². The molecule has 0 radical (unpaired) electrons. The molecule has 0 spiro atoms. The van der Waals surface area contributed by atoms with Crippen LogP contribution in [-0.4, -0.2) is 11.5 Å². The number of nitrogens with zero attached hydrogens (tertiary/aromatic N) is 1. The Labute approximate surface area is 121 Å². The van der Waals surface area contributed by atoms with Crippen molar-refractivity contribution in [3.8, 4) is 0 Å². The number of hydrogen-bond acceptors (Lipinski definition) is 3. The normalized spacial score (nSPS) is 38.6. The number of nitrogens with one attached hydrogen (secondary N) is 1. The van der Waals surface area contributed by atoms with E-state index in [4.69, 9.17) is 4.42 Å². The maximum atomic E-state index is 5.65. The zero-order chi connectivity index (χ0) is 13.7. The van der Waals surface area contributed by atoms with Gasteiger partial charge in [0, 0.05) is 0 Å². The zero-order valence-corrected chi connectivity index (χ0v) is 12.7. The van der Waals surface area contributed by atoms with Gasteiger partial charge in [0.05, 0.1) is 12.2 Å². The van der Waals surface area contributed by atoms with Gasteiger partial charge in [0.1, 0.15) is 5.76 Å². The van der Waals surface area contributed by atoms with Crippen molar-refractivity contribution < 1.29 is 4.42 Å². The van der Waals surface area contributed by atoms with Gasteiger partial charge < -0.3 is 9.73 Å². The molecule has 4 aliphatic rings. The van der Waals surface area contributed by atoms with Gasteiger partial charge in [-0.25, -0.2) is 4.98 Å². The van der Waals surface area contributed by atoms with E-state index in [2.05, 4.69) is 10.3 Å². The van der Waals surface area contributed by atoms with Crippen LogP contribution in [0.25, 0.3) is 0 Å². The molecule has 20 heavy (non-hydrogen) atoms. The summed E-state index contributed by atoms with van der Waals surface area (Å²) in [5.74, 6) is 6.88. The highest BCUT2D eigenvalue weighted by Gasteiger charge is 2.47. The molecule has 5 rings (SSSR count). The number of aryl methyl sites for hydroxylation is 2. The van der Waals surface area contributed by atoms with Crippen LogP contribution in [0.3, 0.4) is 0 Å². The number of rotatable bonds is 4. The Morgan fingerprint density at radius 3 is 2.25 bits per heavy atom. The summed E-state index contributed by atoms with van der Waals surface area (Å²) in [7, 11) is 0. The van der Waals surface area contributed by atoms with Crippen LogP contribution >= 0.6 is 0 Å². The van der Waals surface area contributed by atoms with E-state index in [-0.39, 0.29) is 0 Å². The molecule has 4 bridgehead atoms. The molecule has 4 saturated carbocycles. The molecular weight excluding hydrogens is 248 g/mol. The highest BCUT2D eigenvalue weighted by molar-refractivity contribution is 5.05. The Morgan fingerprint density at radius 2 is 1.70 bits per heavy atom. The zero-order valence-electron chi connectivity index (χ0n) is 12.7. The second-order valence-electron chi connectivity index (χ2n) is 7.47. The third-order valence-corrected chi connectivity index (χ3v) is 6.15. The van der Waals surface area contributed by atoms with E-state index in [0.29, 0.717) is 0 Å². The van der Waals surface area contributed by atoms with Crippen molar-refractivity contribution in [3.05, 3.63) is 17.3 Å². The van der Waals surface area contributed by atoms with Gasteiger partial charge in [0.15, 0.2) is 0 Å². The fourth-order valence-corrected chi connectivity index (χ4v) is 5.33. The minimum absolute atomic E-state index is 0.789. The molecule has 0 amide bonds. The fraction of sp³-hybridized carbons (Fsp3) is 0.824. The van der Waals surface area contributed by atoms with Gasteiger partial charge in [0.25, 0.3) is 0 Å². The lowest BCUT2D eigenvalue weighted by molar-refractivity contribution is -0.0357. The van der Waals surface area contributed by atoms with Crippen molar-refractivity contribution in [2.45, 2.75) is 52.5 Å². The van der Waals surface area contributed by atoms with E-state index in [0.717, 1.165) is 60.0 Å². The molecule has 1 aromatic rings. The molecule has 4 fully saturated rings. The summed E-state index contributed by atoms with van der Waals surface area (Å²) in [5, 5.41) is 3.61. The van der Waals surface area contributed by atoms with Crippen molar-refractivity contribution in [1.29, 1.82) is 0 Å². The maximum Gasteiger partial charge on any atom is 0.208 e. The third kappa shape index (κ3) is 2.20. The van der Waals surface area contributed by atoms with Crippen LogP contribution in [0.4, 0.5) is 0 Å². The standard InChI is InChI=1S/C17H26N2O/c1-10-11(2)20-17(19-10)9-18-8-16-14-4-12-3-13(6-14)7-15(16)5-12/h12-16,18H,3-9H2,1-2H3. The molecule has 0 atom stereocenters. The van der Waals surface area contributed by atoms with E-state index >= 15 is 0 Å². The minimum atomic E-state index is 0.789. The molecule has 110 valence electrons. The van der Waals surface area contributed by atoms with Crippen LogP contribution in [0, 0.1) is 43.4 Å². The van der Waals surface area contributed by atoms with Crippen LogP contribution in [-0.2, 0) is 6.54 Å². The average Bonchev–Trinajstić information content (AvgIpc) is 2.71. The van der Waals surface area contributed by atoms with Crippen molar-refractivity contribution in [1.82, 2.24) is 10.3 Å². The lowest BCUT2D eigenvalue weighted by atomic mass is 9.52. The van der Waals surface area contributed by atoms with Crippen LogP contribution in [0.15, 0.2) is 4.42 Å². The summed E-state index contributed by atoms with van der Waals surface area (Å²) in [5.41, 5.74) is 1.02. The monoisotopic (exact) mass is 274 g/mol. The Morgan fingerprint density at radius 1 is 1.05 bits per heavy atom. The van der Waals surface area contributed by atoms with Crippen molar-refractivity contribution >= 4 is 0 Å². The second-order valence-corrected chi connectivity index (χ2v) is 7.47. The summed E-state index contributed by atoms with van der Waals surface area (Å²) < 4.78 is 5.65. The summed E-state index contributed by atoms with van der Waals surface area (Å²) in [4.78, 5) is 4.46. The molecular formula is C17H26N2O. The van der Waals surface area contributed by atoms with Crippen LogP contribution in [0.2, 0.25) is 0 Å². The largest absolute Gasteiger partial charge is 0.444 e. The molecule has 3 nitrogen and oxygen atoms in total. The van der Waals surface area contributed by atoms with Gasteiger partial charge in [-0.2, -0.15) is 0 Å². The van der Waals surface area contributed by atoms with E-state index in [9.17, 15) is 0 Å². The first-order valence-corrected chi connectivity index (χ1v) is 8.32. The SMILES string of the molecule is Cc1nc(CNCC2C3CC4CC(C3)CC2C4)oc1C. The molecule has 3 heteroatoms. The third-order valence-electron chi connectivity index (χ3n) is 6.15. The topological polar surface area (TPSA) is 38.1 Å². The Balaban J connectivity index is 1.33. The molecule has 0 saturated heterocycles. The lowest BCUT2D eigenvalue weighted by Gasteiger charge is -2.54. The number of aromatic nitrogens is 1. The Kier molecular flexibility index (Phi) is 3.13. The average molecular weight is 274 g/mol. The van der Waals surface area contributed by atoms with E-state index in [1.807, 2.05) is 13.8 Å². The summed E-state index contributed by atoms with van der Waals surface area (Å²) in [6.07, 6.45) is 7.59. The first-order chi connectivity index (χ1) is 9.69. The molecule has 0 aliphatic heterocycles. The van der Waals surface area contributed by atoms with Crippen molar-refractivity contribution in [3.63, 3.8) is 0 Å². The first kappa shape index (κ1) is 12.9. The van der Waals surface area contributed by atoms with Gasteiger partial charge in [-0.3, -0.25) is 0 Å². The molecule has 1 heterocycles. The van der Waals surface area contributed by atoms with Crippen LogP contribution in [0.1, 0.15) is 49.4 Å². The Bertz CT molecular complexity index is 446. The van der Waals surface area contributed by atoms with E-state index in [1.165, 1.54) is 25.7 Å². The predicted octanol–water partition coefficient (Wildman–Crippen LogP) is 3.45. The van der Waals surface area contributed by atoms with Crippen LogP contribution < -0.4 is 5.32 Å². The Hall–Kier alpha value is -0.830. The van der Waals surface area contributed by atoms with Crippen LogP contribution in [0.5, 0.6) is 0 Å². The maximum absolute atomic E-state index is 5.65. The highest BCUT2D eigenvalue weighted by Crippen LogP contribution is 2.56. The molecule has 0 unspecified atom stereocenters. The molecule has 1 N–H and O–H groups in total. The molecule has 1 aromatic heterocycles. The minimum Gasteiger partial charge on any atom is -0.444 e. The van der Waals surface area contributed by atoms with Gasteiger partial charge in [0.2, 0.25) is 5.89 Å². The molecule has 0 aromatic carbocycles. The lowest BCUT2D eigenvalue weighted by Crippen LogP contribution is -2.48. The van der Waals surface area contributed by atoms with Crippen molar-refractivity contribution in [2.75, 3.05) is 6.54 Å². The summed E-state index contributed by atoms with van der Waals surface area (Å²) in [6.45, 7) is 5.95. The molecule has 4 aliphatic carbocycles. The second kappa shape index (κ2) is 4.87.